The number of rotatable bonds is 6. The summed E-state index contributed by atoms with van der Waals surface area (Å²) in [4.78, 5) is 28.6. The van der Waals surface area contributed by atoms with Crippen LogP contribution in [0.3, 0.4) is 0 Å². The predicted molar refractivity (Wildman–Crippen MR) is 109 cm³/mol. The fourth-order valence-corrected chi connectivity index (χ4v) is 3.31. The summed E-state index contributed by atoms with van der Waals surface area (Å²) in [6, 6.07) is 15.3. The van der Waals surface area contributed by atoms with Crippen molar-refractivity contribution in [1.82, 2.24) is 4.98 Å². The Morgan fingerprint density at radius 2 is 1.67 bits per heavy atom. The lowest BCUT2D eigenvalue weighted by Gasteiger charge is -2.07. The van der Waals surface area contributed by atoms with E-state index in [9.17, 15) is 9.59 Å². The largest absolute Gasteiger partial charge is 0.326 e. The van der Waals surface area contributed by atoms with Crippen LogP contribution in [-0.2, 0) is 22.4 Å². The number of hydrogen-bond donors (Lipinski definition) is 2. The van der Waals surface area contributed by atoms with E-state index in [4.69, 9.17) is 0 Å². The number of amides is 2. The second kappa shape index (κ2) is 8.60. The molecule has 1 heterocycles. The summed E-state index contributed by atoms with van der Waals surface area (Å²) < 4.78 is 0. The van der Waals surface area contributed by atoms with Gasteiger partial charge in [-0.2, -0.15) is 0 Å². The number of thiazole rings is 1. The molecular formula is C21H21N3O2S. The number of nitrogens with one attached hydrogen (secondary N) is 2. The number of aromatic nitrogens is 1. The third kappa shape index (κ3) is 5.49. The Balaban J connectivity index is 1.53. The van der Waals surface area contributed by atoms with Crippen molar-refractivity contribution < 1.29 is 9.59 Å². The number of nitrogens with zero attached hydrogens (tertiary/aromatic N) is 1. The molecule has 0 saturated carbocycles. The third-order valence-corrected chi connectivity index (χ3v) is 4.94. The van der Waals surface area contributed by atoms with E-state index < -0.39 is 0 Å². The van der Waals surface area contributed by atoms with Crippen molar-refractivity contribution in [2.75, 3.05) is 10.6 Å². The number of carbonyl (C=O) groups excluding carboxylic acids is 2. The highest BCUT2D eigenvalue weighted by Gasteiger charge is 2.11. The summed E-state index contributed by atoms with van der Waals surface area (Å²) in [5.74, 6) is -0.257. The average molecular weight is 379 g/mol. The fraction of sp³-hybridized carbons (Fsp3) is 0.190. The van der Waals surface area contributed by atoms with E-state index in [1.54, 1.807) is 5.38 Å². The van der Waals surface area contributed by atoms with Crippen molar-refractivity contribution in [3.05, 3.63) is 76.3 Å². The molecule has 5 nitrogen and oxygen atoms in total. The number of carbonyl (C=O) groups is 2. The summed E-state index contributed by atoms with van der Waals surface area (Å²) in [5, 5.41) is 7.96. The zero-order valence-electron chi connectivity index (χ0n) is 15.3. The SMILES string of the molecule is Cc1ccc(NC(=O)Cc2csc(NC(=O)Cc3ccccc3)n2)cc1C. The molecule has 0 atom stereocenters. The number of benzene rings is 2. The van der Waals surface area contributed by atoms with Gasteiger partial charge in [0.2, 0.25) is 11.8 Å². The molecule has 3 aromatic rings. The van der Waals surface area contributed by atoms with Crippen LogP contribution in [0, 0.1) is 13.8 Å². The molecule has 27 heavy (non-hydrogen) atoms. The smallest absolute Gasteiger partial charge is 0.230 e. The fourth-order valence-electron chi connectivity index (χ4n) is 2.58. The molecule has 2 N–H and O–H groups in total. The van der Waals surface area contributed by atoms with E-state index in [0.717, 1.165) is 16.8 Å². The Morgan fingerprint density at radius 1 is 0.926 bits per heavy atom. The van der Waals surface area contributed by atoms with E-state index in [1.807, 2.05) is 62.4 Å². The van der Waals surface area contributed by atoms with Crippen LogP contribution in [0.25, 0.3) is 0 Å². The Labute approximate surface area is 162 Å². The summed E-state index contributed by atoms with van der Waals surface area (Å²) in [6.45, 7) is 4.04. The van der Waals surface area contributed by atoms with Gasteiger partial charge in [-0.05, 0) is 42.7 Å². The van der Waals surface area contributed by atoms with Gasteiger partial charge in [-0.25, -0.2) is 4.98 Å². The van der Waals surface area contributed by atoms with Gasteiger partial charge < -0.3 is 10.6 Å². The first-order valence-electron chi connectivity index (χ1n) is 8.65. The molecule has 0 aliphatic heterocycles. The summed E-state index contributed by atoms with van der Waals surface area (Å²) >= 11 is 1.32. The minimum atomic E-state index is -0.134. The van der Waals surface area contributed by atoms with Crippen LogP contribution in [0.15, 0.2) is 53.9 Å². The molecule has 0 radical (unpaired) electrons. The first kappa shape index (κ1) is 18.8. The number of anilines is 2. The Kier molecular flexibility index (Phi) is 5.98. The normalized spacial score (nSPS) is 10.4. The van der Waals surface area contributed by atoms with Gasteiger partial charge in [0.05, 0.1) is 18.5 Å². The lowest BCUT2D eigenvalue weighted by atomic mass is 10.1. The van der Waals surface area contributed by atoms with Crippen molar-refractivity contribution in [2.24, 2.45) is 0 Å². The van der Waals surface area contributed by atoms with Crippen molar-refractivity contribution in [3.63, 3.8) is 0 Å². The van der Waals surface area contributed by atoms with Crippen LogP contribution >= 0.6 is 11.3 Å². The standard InChI is InChI=1S/C21H21N3O2S/c1-14-8-9-17(10-15(14)2)22-20(26)12-18-13-27-21(23-18)24-19(25)11-16-6-4-3-5-7-16/h3-10,13H,11-12H2,1-2H3,(H,22,26)(H,23,24,25). The van der Waals surface area contributed by atoms with Crippen LogP contribution in [0.4, 0.5) is 10.8 Å². The van der Waals surface area contributed by atoms with Gasteiger partial charge in [-0.3, -0.25) is 9.59 Å². The van der Waals surface area contributed by atoms with Gasteiger partial charge in [0.15, 0.2) is 5.13 Å². The zero-order valence-corrected chi connectivity index (χ0v) is 16.1. The van der Waals surface area contributed by atoms with Crippen molar-refractivity contribution >= 4 is 34.0 Å². The molecule has 0 saturated heterocycles. The maximum absolute atomic E-state index is 12.2. The number of aryl methyl sites for hydroxylation is 2. The summed E-state index contributed by atoms with van der Waals surface area (Å²) in [6.07, 6.45) is 0.459. The third-order valence-electron chi connectivity index (χ3n) is 4.14. The topological polar surface area (TPSA) is 71.1 Å². The molecule has 138 valence electrons. The zero-order chi connectivity index (χ0) is 19.2. The summed E-state index contributed by atoms with van der Waals surface area (Å²) in [7, 11) is 0. The molecular weight excluding hydrogens is 358 g/mol. The highest BCUT2D eigenvalue weighted by atomic mass is 32.1. The first-order chi connectivity index (χ1) is 13.0. The second-order valence-corrected chi connectivity index (χ2v) is 7.24. The Morgan fingerprint density at radius 3 is 2.41 bits per heavy atom. The van der Waals surface area contributed by atoms with E-state index in [0.29, 0.717) is 17.2 Å². The molecule has 0 spiro atoms. The average Bonchev–Trinajstić information content (AvgIpc) is 3.05. The van der Waals surface area contributed by atoms with Crippen molar-refractivity contribution in [2.45, 2.75) is 26.7 Å². The maximum Gasteiger partial charge on any atom is 0.230 e. The minimum Gasteiger partial charge on any atom is -0.326 e. The second-order valence-electron chi connectivity index (χ2n) is 6.38. The molecule has 0 aliphatic rings. The van der Waals surface area contributed by atoms with Gasteiger partial charge in [0, 0.05) is 11.1 Å². The van der Waals surface area contributed by atoms with E-state index in [1.165, 1.54) is 16.9 Å². The molecule has 2 aromatic carbocycles. The molecule has 0 aliphatic carbocycles. The molecule has 3 rings (SSSR count). The van der Waals surface area contributed by atoms with E-state index >= 15 is 0 Å². The lowest BCUT2D eigenvalue weighted by molar-refractivity contribution is -0.116. The highest BCUT2D eigenvalue weighted by molar-refractivity contribution is 7.13. The maximum atomic E-state index is 12.2. The van der Waals surface area contributed by atoms with E-state index in [2.05, 4.69) is 15.6 Å². The Bertz CT molecular complexity index is 951. The number of hydrogen-bond acceptors (Lipinski definition) is 4. The minimum absolute atomic E-state index is 0.123. The quantitative estimate of drug-likeness (QED) is 0.677. The molecule has 0 unspecified atom stereocenters. The van der Waals surface area contributed by atoms with Crippen LogP contribution in [0.2, 0.25) is 0 Å². The van der Waals surface area contributed by atoms with Crippen LogP contribution in [0.1, 0.15) is 22.4 Å². The van der Waals surface area contributed by atoms with Gasteiger partial charge in [0.1, 0.15) is 0 Å². The monoisotopic (exact) mass is 379 g/mol. The van der Waals surface area contributed by atoms with Gasteiger partial charge >= 0.3 is 0 Å². The van der Waals surface area contributed by atoms with Crippen molar-refractivity contribution in [3.8, 4) is 0 Å². The first-order valence-corrected chi connectivity index (χ1v) is 9.53. The van der Waals surface area contributed by atoms with E-state index in [-0.39, 0.29) is 18.2 Å². The Hall–Kier alpha value is -2.99. The molecule has 2 amide bonds. The molecule has 0 bridgehead atoms. The van der Waals surface area contributed by atoms with Crippen molar-refractivity contribution in [1.29, 1.82) is 0 Å². The van der Waals surface area contributed by atoms with Gasteiger partial charge in [-0.15, -0.1) is 11.3 Å². The van der Waals surface area contributed by atoms with Gasteiger partial charge in [0.25, 0.3) is 0 Å². The predicted octanol–water partition coefficient (Wildman–Crippen LogP) is 4.12. The van der Waals surface area contributed by atoms with Gasteiger partial charge in [-0.1, -0.05) is 36.4 Å². The summed E-state index contributed by atoms with van der Waals surface area (Å²) in [5.41, 5.74) is 4.67. The van der Waals surface area contributed by atoms with Crippen LogP contribution in [0.5, 0.6) is 0 Å². The lowest BCUT2D eigenvalue weighted by Crippen LogP contribution is -2.16. The van der Waals surface area contributed by atoms with Crippen LogP contribution < -0.4 is 10.6 Å². The van der Waals surface area contributed by atoms with Crippen LogP contribution in [-0.4, -0.2) is 16.8 Å². The molecule has 1 aromatic heterocycles. The highest BCUT2D eigenvalue weighted by Crippen LogP contribution is 2.18. The molecule has 0 fully saturated rings. The molecule has 6 heteroatoms.